The van der Waals surface area contributed by atoms with E-state index >= 15 is 0 Å². The van der Waals surface area contributed by atoms with Crippen LogP contribution in [0.15, 0.2) is 29.1 Å². The summed E-state index contributed by atoms with van der Waals surface area (Å²) < 4.78 is 0. The SMILES string of the molecule is CN(c1ccc(C(=O)N[C@@H](CCC(=O)O)C(=O)O)cc1)[C@@H]1CNc2nc(N)[nH]c(=O)c2N1C. The van der Waals surface area contributed by atoms with Gasteiger partial charge in [-0.2, -0.15) is 4.98 Å². The van der Waals surface area contributed by atoms with Crippen LogP contribution in [0.25, 0.3) is 0 Å². The van der Waals surface area contributed by atoms with Crippen LogP contribution in [0.4, 0.5) is 23.1 Å². The third-order valence-electron chi connectivity index (χ3n) is 5.40. The molecular formula is C20H25N7O6. The number of nitrogens with one attached hydrogen (secondary N) is 3. The number of carboxylic acid groups (broad SMARTS) is 2. The number of carbonyl (C=O) groups is 3. The van der Waals surface area contributed by atoms with Crippen molar-refractivity contribution in [3.8, 4) is 0 Å². The molecule has 0 radical (unpaired) electrons. The summed E-state index contributed by atoms with van der Waals surface area (Å²) in [5, 5.41) is 23.4. The van der Waals surface area contributed by atoms with Gasteiger partial charge in [0, 0.05) is 31.8 Å². The van der Waals surface area contributed by atoms with E-state index in [-0.39, 0.29) is 36.1 Å². The molecule has 0 fully saturated rings. The number of nitrogens with zero attached hydrogens (tertiary/aromatic N) is 3. The fraction of sp³-hybridized carbons (Fsp3) is 0.350. The van der Waals surface area contributed by atoms with Gasteiger partial charge in [-0.15, -0.1) is 0 Å². The van der Waals surface area contributed by atoms with Crippen LogP contribution in [0.1, 0.15) is 23.2 Å². The fourth-order valence-electron chi connectivity index (χ4n) is 3.59. The van der Waals surface area contributed by atoms with E-state index < -0.39 is 23.9 Å². The van der Waals surface area contributed by atoms with E-state index in [0.29, 0.717) is 18.1 Å². The van der Waals surface area contributed by atoms with Crippen molar-refractivity contribution in [3.63, 3.8) is 0 Å². The first-order valence-electron chi connectivity index (χ1n) is 10.0. The topological polar surface area (TPSA) is 194 Å². The van der Waals surface area contributed by atoms with E-state index in [1.807, 2.05) is 11.9 Å². The summed E-state index contributed by atoms with van der Waals surface area (Å²) in [7, 11) is 3.59. The Morgan fingerprint density at radius 2 is 1.97 bits per heavy atom. The summed E-state index contributed by atoms with van der Waals surface area (Å²) in [6.07, 6.45) is -0.853. The molecule has 0 spiro atoms. The first-order valence-corrected chi connectivity index (χ1v) is 10.0. The molecular weight excluding hydrogens is 434 g/mol. The summed E-state index contributed by atoms with van der Waals surface area (Å²) in [4.78, 5) is 57.0. The molecule has 0 saturated carbocycles. The Hall–Kier alpha value is -4.29. The Bertz CT molecular complexity index is 1120. The molecule has 1 aliphatic rings. The number of nitrogens with two attached hydrogens (primary N) is 1. The highest BCUT2D eigenvalue weighted by atomic mass is 16.4. The first-order chi connectivity index (χ1) is 15.6. The summed E-state index contributed by atoms with van der Waals surface area (Å²) in [6.45, 7) is 0.446. The molecule has 7 N–H and O–H groups in total. The largest absolute Gasteiger partial charge is 0.481 e. The number of carboxylic acids is 2. The molecule has 13 heteroatoms. The lowest BCUT2D eigenvalue weighted by Crippen LogP contribution is -2.53. The van der Waals surface area contributed by atoms with Crippen molar-refractivity contribution >= 4 is 41.0 Å². The third-order valence-corrected chi connectivity index (χ3v) is 5.40. The predicted octanol–water partition coefficient (Wildman–Crippen LogP) is -0.276. The second kappa shape index (κ2) is 9.46. The minimum Gasteiger partial charge on any atom is -0.481 e. The monoisotopic (exact) mass is 459 g/mol. The number of nitrogen functional groups attached to an aromatic ring is 1. The molecule has 1 aliphatic heterocycles. The van der Waals surface area contributed by atoms with E-state index in [9.17, 15) is 24.3 Å². The molecule has 2 heterocycles. The van der Waals surface area contributed by atoms with Gasteiger partial charge < -0.3 is 36.4 Å². The summed E-state index contributed by atoms with van der Waals surface area (Å²) in [6, 6.07) is 5.15. The van der Waals surface area contributed by atoms with Crippen LogP contribution in [-0.2, 0) is 9.59 Å². The molecule has 33 heavy (non-hydrogen) atoms. The molecule has 0 saturated heterocycles. The number of hydrogen-bond donors (Lipinski definition) is 6. The molecule has 1 aromatic heterocycles. The van der Waals surface area contributed by atoms with Gasteiger partial charge in [0.2, 0.25) is 5.95 Å². The lowest BCUT2D eigenvalue weighted by atomic mass is 10.1. The smallest absolute Gasteiger partial charge is 0.326 e. The van der Waals surface area contributed by atoms with Crippen molar-refractivity contribution in [1.82, 2.24) is 15.3 Å². The standard InChI is InChI=1S/C20H25N7O6/c1-26(13-9-22-16-15(27(13)2)18(31)25-20(21)24-16)11-5-3-10(4-6-11)17(30)23-12(19(32)33)7-8-14(28)29/h3-6,12-13H,7-9H2,1-2H3,(H,23,30)(H,28,29)(H,32,33)(H4,21,22,24,25,31)/t12-,13-/m0/s1. The van der Waals surface area contributed by atoms with E-state index in [2.05, 4.69) is 20.6 Å². The number of aromatic nitrogens is 2. The average Bonchev–Trinajstić information content (AvgIpc) is 2.75. The molecule has 0 bridgehead atoms. The minimum absolute atomic E-state index is 0.0217. The zero-order valence-corrected chi connectivity index (χ0v) is 18.0. The number of rotatable bonds is 8. The van der Waals surface area contributed by atoms with Gasteiger partial charge in [-0.3, -0.25) is 19.4 Å². The number of aromatic amines is 1. The van der Waals surface area contributed by atoms with Crippen molar-refractivity contribution in [2.45, 2.75) is 25.0 Å². The summed E-state index contributed by atoms with van der Waals surface area (Å²) in [5.41, 5.74) is 6.56. The van der Waals surface area contributed by atoms with Gasteiger partial charge in [0.05, 0.1) is 6.54 Å². The van der Waals surface area contributed by atoms with E-state index in [4.69, 9.17) is 10.8 Å². The third kappa shape index (κ3) is 5.14. The molecule has 2 atom stereocenters. The Balaban J connectivity index is 1.71. The zero-order valence-electron chi connectivity index (χ0n) is 18.0. The van der Waals surface area contributed by atoms with E-state index in [0.717, 1.165) is 5.69 Å². The van der Waals surface area contributed by atoms with Gasteiger partial charge in [-0.1, -0.05) is 0 Å². The second-order valence-electron chi connectivity index (χ2n) is 7.58. The van der Waals surface area contributed by atoms with Crippen LogP contribution in [0, 0.1) is 0 Å². The normalized spacial score (nSPS) is 15.7. The van der Waals surface area contributed by atoms with Gasteiger partial charge in [-0.05, 0) is 30.7 Å². The quantitative estimate of drug-likeness (QED) is 0.304. The van der Waals surface area contributed by atoms with Crippen LogP contribution in [0.3, 0.4) is 0 Å². The highest BCUT2D eigenvalue weighted by Gasteiger charge is 2.30. The van der Waals surface area contributed by atoms with Crippen LogP contribution in [-0.4, -0.2) is 70.9 Å². The number of carbonyl (C=O) groups excluding carboxylic acids is 1. The Kier molecular flexibility index (Phi) is 6.70. The number of hydrogen-bond acceptors (Lipinski definition) is 9. The Morgan fingerprint density at radius 3 is 2.58 bits per heavy atom. The molecule has 2 aromatic rings. The summed E-state index contributed by atoms with van der Waals surface area (Å²) >= 11 is 0. The highest BCUT2D eigenvalue weighted by molar-refractivity contribution is 5.97. The maximum Gasteiger partial charge on any atom is 0.326 e. The Labute approximate surface area is 188 Å². The number of anilines is 4. The molecule has 1 aromatic carbocycles. The van der Waals surface area contributed by atoms with E-state index in [1.165, 1.54) is 12.1 Å². The number of fused-ring (bicyclic) bond motifs is 1. The average molecular weight is 459 g/mol. The van der Waals surface area contributed by atoms with Crippen molar-refractivity contribution in [2.24, 2.45) is 0 Å². The number of likely N-dealkylation sites (N-methyl/N-ethyl adjacent to an activating group) is 2. The second-order valence-corrected chi connectivity index (χ2v) is 7.58. The van der Waals surface area contributed by atoms with Crippen molar-refractivity contribution in [3.05, 3.63) is 40.2 Å². The first kappa shape index (κ1) is 23.4. The number of benzene rings is 1. The van der Waals surface area contributed by atoms with E-state index in [1.54, 1.807) is 24.1 Å². The Morgan fingerprint density at radius 1 is 1.30 bits per heavy atom. The lowest BCUT2D eigenvalue weighted by molar-refractivity contribution is -0.140. The highest BCUT2D eigenvalue weighted by Crippen LogP contribution is 2.28. The zero-order chi connectivity index (χ0) is 24.3. The van der Waals surface area contributed by atoms with Crippen molar-refractivity contribution in [2.75, 3.05) is 41.5 Å². The van der Waals surface area contributed by atoms with Gasteiger partial charge in [0.1, 0.15) is 17.9 Å². The van der Waals surface area contributed by atoms with Gasteiger partial charge in [0.15, 0.2) is 5.82 Å². The van der Waals surface area contributed by atoms with Gasteiger partial charge in [-0.25, -0.2) is 4.79 Å². The van der Waals surface area contributed by atoms with Crippen LogP contribution in [0.2, 0.25) is 0 Å². The maximum absolute atomic E-state index is 12.4. The van der Waals surface area contributed by atoms with Crippen LogP contribution >= 0.6 is 0 Å². The number of amides is 1. The van der Waals surface area contributed by atoms with Crippen LogP contribution < -0.4 is 31.7 Å². The van der Waals surface area contributed by atoms with Gasteiger partial charge >= 0.3 is 11.9 Å². The van der Waals surface area contributed by atoms with Crippen molar-refractivity contribution in [1.29, 1.82) is 0 Å². The number of aliphatic carboxylic acids is 2. The molecule has 176 valence electrons. The van der Waals surface area contributed by atoms with Crippen molar-refractivity contribution < 1.29 is 24.6 Å². The molecule has 3 rings (SSSR count). The fourth-order valence-corrected chi connectivity index (χ4v) is 3.59. The predicted molar refractivity (Wildman–Crippen MR) is 121 cm³/mol. The molecule has 1 amide bonds. The molecule has 0 aliphatic carbocycles. The molecule has 13 nitrogen and oxygen atoms in total. The van der Waals surface area contributed by atoms with Gasteiger partial charge in [0.25, 0.3) is 11.5 Å². The van der Waals surface area contributed by atoms with Crippen LogP contribution in [0.5, 0.6) is 0 Å². The lowest BCUT2D eigenvalue weighted by Gasteiger charge is -2.41. The number of H-pyrrole nitrogens is 1. The minimum atomic E-state index is -1.31. The maximum atomic E-state index is 12.4. The molecule has 0 unspecified atom stereocenters. The summed E-state index contributed by atoms with van der Waals surface area (Å²) in [5.74, 6) is -2.66.